The average Bonchev–Trinajstić information content (AvgIpc) is 3.32. The third kappa shape index (κ3) is 4.83. The predicted octanol–water partition coefficient (Wildman–Crippen LogP) is 3.32. The fourth-order valence-corrected chi connectivity index (χ4v) is 4.12. The van der Waals surface area contributed by atoms with Crippen LogP contribution in [0.15, 0.2) is 71.5 Å². The van der Waals surface area contributed by atoms with Gasteiger partial charge in [-0.25, -0.2) is 0 Å². The Bertz CT molecular complexity index is 1250. The third-order valence-corrected chi connectivity index (χ3v) is 5.94. The summed E-state index contributed by atoms with van der Waals surface area (Å²) in [6.45, 7) is 2.87. The van der Waals surface area contributed by atoms with Crippen LogP contribution in [0.3, 0.4) is 0 Å². The summed E-state index contributed by atoms with van der Waals surface area (Å²) in [5, 5.41) is 2.80. The van der Waals surface area contributed by atoms with E-state index in [1.165, 1.54) is 11.1 Å². The van der Waals surface area contributed by atoms with Crippen molar-refractivity contribution in [2.75, 3.05) is 19.9 Å². The average molecular weight is 444 g/mol. The Labute approximate surface area is 191 Å². The van der Waals surface area contributed by atoms with Gasteiger partial charge in [-0.05, 0) is 47.4 Å². The maximum Gasteiger partial charge on any atom is 0.261 e. The van der Waals surface area contributed by atoms with E-state index < -0.39 is 5.91 Å². The van der Waals surface area contributed by atoms with Gasteiger partial charge in [0.25, 0.3) is 11.5 Å². The molecule has 2 aliphatic heterocycles. The van der Waals surface area contributed by atoms with Crippen LogP contribution < -0.4 is 20.3 Å². The summed E-state index contributed by atoms with van der Waals surface area (Å²) >= 11 is 0. The molecule has 0 unspecified atom stereocenters. The summed E-state index contributed by atoms with van der Waals surface area (Å²) in [4.78, 5) is 30.2. The third-order valence-electron chi connectivity index (χ3n) is 5.94. The van der Waals surface area contributed by atoms with Gasteiger partial charge in [0.2, 0.25) is 6.79 Å². The number of hydrogen-bond acceptors (Lipinski definition) is 5. The number of aromatic amines is 1. The molecule has 0 atom stereocenters. The van der Waals surface area contributed by atoms with E-state index in [0.29, 0.717) is 24.6 Å². The van der Waals surface area contributed by atoms with Crippen molar-refractivity contribution in [3.63, 3.8) is 0 Å². The Kier molecular flexibility index (Phi) is 5.95. The van der Waals surface area contributed by atoms with Crippen LogP contribution in [-0.2, 0) is 13.1 Å². The van der Waals surface area contributed by atoms with E-state index in [1.54, 1.807) is 6.07 Å². The highest BCUT2D eigenvalue weighted by Crippen LogP contribution is 2.32. The molecule has 0 saturated carbocycles. The van der Waals surface area contributed by atoms with Gasteiger partial charge in [0.05, 0.1) is 0 Å². The topological polar surface area (TPSA) is 83.7 Å². The van der Waals surface area contributed by atoms with Gasteiger partial charge >= 0.3 is 0 Å². The highest BCUT2D eigenvalue weighted by atomic mass is 16.7. The van der Waals surface area contributed by atoms with Gasteiger partial charge in [0.1, 0.15) is 5.56 Å². The van der Waals surface area contributed by atoms with Gasteiger partial charge in [0.15, 0.2) is 11.5 Å². The molecule has 0 bridgehead atoms. The molecular formula is C26H25N3O4. The lowest BCUT2D eigenvalue weighted by Crippen LogP contribution is -2.32. The second-order valence-corrected chi connectivity index (χ2v) is 8.18. The number of H-pyrrole nitrogens is 1. The Balaban J connectivity index is 1.18. The number of amides is 1. The molecule has 2 N–H and O–H groups in total. The maximum atomic E-state index is 12.5. The van der Waals surface area contributed by atoms with Crippen LogP contribution in [0.1, 0.15) is 33.6 Å². The zero-order chi connectivity index (χ0) is 22.6. The number of carbonyl (C=O) groups excluding carboxylic acids is 1. The summed E-state index contributed by atoms with van der Waals surface area (Å²) < 4.78 is 10.6. The Morgan fingerprint density at radius 3 is 2.67 bits per heavy atom. The quantitative estimate of drug-likeness (QED) is 0.611. The summed E-state index contributed by atoms with van der Waals surface area (Å²) in [6, 6.07) is 19.3. The van der Waals surface area contributed by atoms with Gasteiger partial charge < -0.3 is 19.8 Å². The van der Waals surface area contributed by atoms with Gasteiger partial charge in [-0.3, -0.25) is 14.5 Å². The largest absolute Gasteiger partial charge is 0.454 e. The summed E-state index contributed by atoms with van der Waals surface area (Å²) in [7, 11) is 0. The molecular weight excluding hydrogens is 418 g/mol. The lowest BCUT2D eigenvalue weighted by Gasteiger charge is -2.26. The Morgan fingerprint density at radius 1 is 1.03 bits per heavy atom. The molecule has 33 heavy (non-hydrogen) atoms. The van der Waals surface area contributed by atoms with Crippen LogP contribution in [0.2, 0.25) is 0 Å². The molecule has 1 aromatic heterocycles. The van der Waals surface area contributed by atoms with E-state index in [2.05, 4.69) is 45.5 Å². The monoisotopic (exact) mass is 443 g/mol. The van der Waals surface area contributed by atoms with E-state index in [1.807, 2.05) is 30.3 Å². The first-order chi connectivity index (χ1) is 16.2. The molecule has 1 amide bonds. The first kappa shape index (κ1) is 21.0. The van der Waals surface area contributed by atoms with Gasteiger partial charge in [-0.2, -0.15) is 0 Å². The first-order valence-electron chi connectivity index (χ1n) is 11.0. The molecule has 168 valence electrons. The number of ether oxygens (including phenoxy) is 2. The molecule has 2 aliphatic rings. The summed E-state index contributed by atoms with van der Waals surface area (Å²) in [5.41, 5.74) is 4.01. The van der Waals surface area contributed by atoms with Gasteiger partial charge in [-0.1, -0.05) is 42.5 Å². The molecule has 5 rings (SSSR count). The summed E-state index contributed by atoms with van der Waals surface area (Å²) in [5.74, 6) is 0.943. The molecule has 3 aromatic rings. The lowest BCUT2D eigenvalue weighted by molar-refractivity contribution is 0.0949. The standard InChI is InChI=1S/C26H25N3O4/c30-25(27-15-18-6-9-23-24(14-18)33-17-32-23)22-8-7-21(28-26(22)31)16-29-12-10-20(11-13-29)19-4-2-1-3-5-19/h1-10,14H,11-13,15-17H2,(H,27,30)(H,28,31). The number of nitrogens with zero attached hydrogens (tertiary/aromatic N) is 1. The normalized spacial score (nSPS) is 15.2. The minimum Gasteiger partial charge on any atom is -0.454 e. The molecule has 0 fully saturated rings. The highest BCUT2D eigenvalue weighted by Gasteiger charge is 2.17. The van der Waals surface area contributed by atoms with Crippen molar-refractivity contribution in [3.8, 4) is 11.5 Å². The molecule has 0 saturated heterocycles. The van der Waals surface area contributed by atoms with Crippen molar-refractivity contribution in [2.45, 2.75) is 19.5 Å². The number of carbonyl (C=O) groups is 1. The Hall–Kier alpha value is -3.84. The molecule has 2 aromatic carbocycles. The van der Waals surface area contributed by atoms with Crippen molar-refractivity contribution >= 4 is 11.5 Å². The van der Waals surface area contributed by atoms with E-state index in [4.69, 9.17) is 9.47 Å². The van der Waals surface area contributed by atoms with Crippen LogP contribution in [-0.4, -0.2) is 35.7 Å². The molecule has 7 nitrogen and oxygen atoms in total. The van der Waals surface area contributed by atoms with E-state index in [-0.39, 0.29) is 17.9 Å². The van der Waals surface area contributed by atoms with Crippen LogP contribution in [0.25, 0.3) is 5.57 Å². The van der Waals surface area contributed by atoms with Crippen LogP contribution >= 0.6 is 0 Å². The molecule has 0 radical (unpaired) electrons. The van der Waals surface area contributed by atoms with E-state index in [0.717, 1.165) is 30.8 Å². The second kappa shape index (κ2) is 9.34. The van der Waals surface area contributed by atoms with Crippen LogP contribution in [0.5, 0.6) is 11.5 Å². The highest BCUT2D eigenvalue weighted by molar-refractivity contribution is 5.93. The number of aromatic nitrogens is 1. The van der Waals surface area contributed by atoms with Crippen molar-refractivity contribution in [1.29, 1.82) is 0 Å². The minimum atomic E-state index is -0.408. The summed E-state index contributed by atoms with van der Waals surface area (Å²) in [6.07, 6.45) is 3.21. The van der Waals surface area contributed by atoms with Crippen molar-refractivity contribution < 1.29 is 14.3 Å². The Morgan fingerprint density at radius 2 is 1.88 bits per heavy atom. The number of rotatable bonds is 6. The van der Waals surface area contributed by atoms with Crippen molar-refractivity contribution in [2.24, 2.45) is 0 Å². The number of hydrogen-bond donors (Lipinski definition) is 2. The van der Waals surface area contributed by atoms with Gasteiger partial charge in [0, 0.05) is 31.9 Å². The molecule has 0 spiro atoms. The maximum absolute atomic E-state index is 12.5. The van der Waals surface area contributed by atoms with E-state index >= 15 is 0 Å². The fraction of sp³-hybridized carbons (Fsp3) is 0.231. The second-order valence-electron chi connectivity index (χ2n) is 8.18. The number of benzene rings is 2. The lowest BCUT2D eigenvalue weighted by atomic mass is 9.99. The molecule has 7 heteroatoms. The fourth-order valence-electron chi connectivity index (χ4n) is 4.12. The van der Waals surface area contributed by atoms with Crippen LogP contribution in [0, 0.1) is 0 Å². The zero-order valence-corrected chi connectivity index (χ0v) is 18.2. The minimum absolute atomic E-state index is 0.101. The van der Waals surface area contributed by atoms with Crippen LogP contribution in [0.4, 0.5) is 0 Å². The number of nitrogens with one attached hydrogen (secondary N) is 2. The van der Waals surface area contributed by atoms with Crippen molar-refractivity contribution in [3.05, 3.63) is 99.5 Å². The molecule has 0 aliphatic carbocycles. The van der Waals surface area contributed by atoms with Crippen molar-refractivity contribution in [1.82, 2.24) is 15.2 Å². The first-order valence-corrected chi connectivity index (χ1v) is 11.0. The zero-order valence-electron chi connectivity index (χ0n) is 18.2. The molecule has 3 heterocycles. The number of pyridine rings is 1. The van der Waals surface area contributed by atoms with Gasteiger partial charge in [-0.15, -0.1) is 0 Å². The SMILES string of the molecule is O=C(NCc1ccc2c(c1)OCO2)c1ccc(CN2CC=C(c3ccccc3)CC2)[nH]c1=O. The predicted molar refractivity (Wildman–Crippen MR) is 125 cm³/mol. The number of fused-ring (bicyclic) bond motifs is 1. The smallest absolute Gasteiger partial charge is 0.261 e. The van der Waals surface area contributed by atoms with E-state index in [9.17, 15) is 9.59 Å².